The van der Waals surface area contributed by atoms with Gasteiger partial charge in [0.15, 0.2) is 6.61 Å². The van der Waals surface area contributed by atoms with Gasteiger partial charge in [0.05, 0.1) is 0 Å². The van der Waals surface area contributed by atoms with Gasteiger partial charge in [-0.15, -0.1) is 0 Å². The van der Waals surface area contributed by atoms with E-state index in [-0.39, 0.29) is 12.5 Å². The van der Waals surface area contributed by atoms with Crippen molar-refractivity contribution in [2.75, 3.05) is 32.8 Å². The predicted octanol–water partition coefficient (Wildman–Crippen LogP) is 4.09. The molecule has 2 aliphatic heterocycles. The molecule has 0 spiro atoms. The van der Waals surface area contributed by atoms with E-state index in [1.165, 1.54) is 44.2 Å². The van der Waals surface area contributed by atoms with Crippen LogP contribution in [0.15, 0.2) is 42.5 Å². The fourth-order valence-electron chi connectivity index (χ4n) is 4.43. The smallest absolute Gasteiger partial charge is 0.260 e. The van der Waals surface area contributed by atoms with Crippen LogP contribution >= 0.6 is 0 Å². The zero-order valence-electron chi connectivity index (χ0n) is 16.1. The van der Waals surface area contributed by atoms with Crippen molar-refractivity contribution in [2.24, 2.45) is 0 Å². The van der Waals surface area contributed by atoms with Crippen molar-refractivity contribution in [3.63, 3.8) is 0 Å². The van der Waals surface area contributed by atoms with Gasteiger partial charge in [-0.1, -0.05) is 43.2 Å². The van der Waals surface area contributed by atoms with Gasteiger partial charge in [-0.25, -0.2) is 0 Å². The first kappa shape index (κ1) is 18.3. The van der Waals surface area contributed by atoms with Gasteiger partial charge in [-0.05, 0) is 61.7 Å². The van der Waals surface area contributed by atoms with Crippen molar-refractivity contribution < 1.29 is 9.53 Å². The molecule has 2 aromatic carbocycles. The first-order chi connectivity index (χ1) is 13.3. The predicted molar refractivity (Wildman–Crippen MR) is 109 cm³/mol. The van der Waals surface area contributed by atoms with E-state index >= 15 is 0 Å². The third-order valence-corrected chi connectivity index (χ3v) is 6.06. The monoisotopic (exact) mass is 366 g/mol. The van der Waals surface area contributed by atoms with Crippen LogP contribution in [-0.2, 0) is 4.79 Å². The number of hydrogen-bond donors (Lipinski definition) is 0. The van der Waals surface area contributed by atoms with Crippen LogP contribution in [0.4, 0.5) is 0 Å². The Labute approximate surface area is 162 Å². The van der Waals surface area contributed by atoms with E-state index in [0.717, 1.165) is 37.1 Å². The number of ether oxygens (including phenoxy) is 1. The topological polar surface area (TPSA) is 32.8 Å². The van der Waals surface area contributed by atoms with Crippen LogP contribution in [0, 0.1) is 0 Å². The molecule has 0 radical (unpaired) electrons. The van der Waals surface area contributed by atoms with E-state index in [1.54, 1.807) is 0 Å². The Hall–Kier alpha value is -2.07. The van der Waals surface area contributed by atoms with Gasteiger partial charge in [0.1, 0.15) is 5.75 Å². The highest BCUT2D eigenvalue weighted by molar-refractivity contribution is 5.84. The SMILES string of the molecule is O=C(COc1ccc2ccccc2c1)N1CCC(N2CCCCCC2)CC1. The first-order valence-corrected chi connectivity index (χ1v) is 10.4. The number of rotatable bonds is 4. The van der Waals surface area contributed by atoms with Gasteiger partial charge >= 0.3 is 0 Å². The second-order valence-electron chi connectivity index (χ2n) is 7.86. The fourth-order valence-corrected chi connectivity index (χ4v) is 4.43. The van der Waals surface area contributed by atoms with E-state index in [4.69, 9.17) is 4.74 Å². The number of fused-ring (bicyclic) bond motifs is 1. The zero-order chi connectivity index (χ0) is 18.5. The molecule has 4 rings (SSSR count). The van der Waals surface area contributed by atoms with Gasteiger partial charge in [-0.3, -0.25) is 4.79 Å². The van der Waals surface area contributed by atoms with Crippen LogP contribution in [0.25, 0.3) is 10.8 Å². The molecule has 4 nitrogen and oxygen atoms in total. The molecule has 0 unspecified atom stereocenters. The zero-order valence-corrected chi connectivity index (χ0v) is 16.1. The number of nitrogens with zero attached hydrogens (tertiary/aromatic N) is 2. The highest BCUT2D eigenvalue weighted by Gasteiger charge is 2.27. The lowest BCUT2D eigenvalue weighted by Gasteiger charge is -2.38. The summed E-state index contributed by atoms with van der Waals surface area (Å²) in [5, 5.41) is 2.33. The Morgan fingerprint density at radius 1 is 0.889 bits per heavy atom. The number of likely N-dealkylation sites (tertiary alicyclic amines) is 2. The van der Waals surface area contributed by atoms with Gasteiger partial charge in [0, 0.05) is 19.1 Å². The van der Waals surface area contributed by atoms with Crippen molar-refractivity contribution in [1.29, 1.82) is 0 Å². The molecule has 0 atom stereocenters. The number of carbonyl (C=O) groups excluding carboxylic acids is 1. The molecule has 0 aromatic heterocycles. The maximum Gasteiger partial charge on any atom is 0.260 e. The Balaban J connectivity index is 1.26. The molecule has 0 aliphatic carbocycles. The summed E-state index contributed by atoms with van der Waals surface area (Å²) in [5.74, 6) is 0.874. The lowest BCUT2D eigenvalue weighted by Crippen LogP contribution is -2.48. The number of carbonyl (C=O) groups is 1. The summed E-state index contributed by atoms with van der Waals surface area (Å²) in [7, 11) is 0. The highest BCUT2D eigenvalue weighted by Crippen LogP contribution is 2.22. The summed E-state index contributed by atoms with van der Waals surface area (Å²) >= 11 is 0. The van der Waals surface area contributed by atoms with E-state index in [0.29, 0.717) is 6.04 Å². The van der Waals surface area contributed by atoms with Crippen LogP contribution in [0.3, 0.4) is 0 Å². The number of amides is 1. The Morgan fingerprint density at radius 3 is 2.33 bits per heavy atom. The molecule has 2 aromatic rings. The van der Waals surface area contributed by atoms with Crippen molar-refractivity contribution in [1.82, 2.24) is 9.80 Å². The normalized spacial score (nSPS) is 19.8. The minimum Gasteiger partial charge on any atom is -0.484 e. The summed E-state index contributed by atoms with van der Waals surface area (Å²) < 4.78 is 5.79. The lowest BCUT2D eigenvalue weighted by molar-refractivity contribution is -0.134. The van der Waals surface area contributed by atoms with Crippen molar-refractivity contribution >= 4 is 16.7 Å². The molecular formula is C23H30N2O2. The van der Waals surface area contributed by atoms with Crippen LogP contribution in [0.5, 0.6) is 5.75 Å². The maximum atomic E-state index is 12.6. The highest BCUT2D eigenvalue weighted by atomic mass is 16.5. The van der Waals surface area contributed by atoms with Crippen molar-refractivity contribution in [3.05, 3.63) is 42.5 Å². The molecule has 0 N–H and O–H groups in total. The molecule has 4 heteroatoms. The minimum absolute atomic E-state index is 0.109. The number of piperidine rings is 1. The second kappa shape index (κ2) is 8.75. The molecular weight excluding hydrogens is 336 g/mol. The van der Waals surface area contributed by atoms with Crippen LogP contribution in [0.2, 0.25) is 0 Å². The van der Waals surface area contributed by atoms with Crippen LogP contribution in [-0.4, -0.2) is 54.5 Å². The molecule has 144 valence electrons. The Bertz CT molecular complexity index is 760. The van der Waals surface area contributed by atoms with Crippen molar-refractivity contribution in [2.45, 2.75) is 44.6 Å². The molecule has 2 aliphatic rings. The summed E-state index contributed by atoms with van der Waals surface area (Å²) in [6.07, 6.45) is 7.61. The maximum absolute atomic E-state index is 12.6. The standard InChI is InChI=1S/C23H30N2O2/c26-23(18-27-22-10-9-19-7-3-4-8-20(19)17-22)25-15-11-21(12-16-25)24-13-5-1-2-6-14-24/h3-4,7-10,17,21H,1-2,5-6,11-16,18H2. The van der Waals surface area contributed by atoms with E-state index in [2.05, 4.69) is 17.0 Å². The Morgan fingerprint density at radius 2 is 1.59 bits per heavy atom. The summed E-state index contributed by atoms with van der Waals surface area (Å²) in [6, 6.07) is 14.9. The summed E-state index contributed by atoms with van der Waals surface area (Å²) in [6.45, 7) is 4.34. The van der Waals surface area contributed by atoms with Gasteiger partial charge in [0.2, 0.25) is 0 Å². The van der Waals surface area contributed by atoms with Gasteiger partial charge in [-0.2, -0.15) is 0 Å². The molecule has 0 bridgehead atoms. The number of hydrogen-bond acceptors (Lipinski definition) is 3. The molecule has 27 heavy (non-hydrogen) atoms. The van der Waals surface area contributed by atoms with E-state index in [1.807, 2.05) is 35.2 Å². The lowest BCUT2D eigenvalue weighted by atomic mass is 10.0. The Kier molecular flexibility index (Phi) is 5.93. The average molecular weight is 367 g/mol. The third kappa shape index (κ3) is 4.62. The summed E-state index contributed by atoms with van der Waals surface area (Å²) in [4.78, 5) is 17.2. The van der Waals surface area contributed by atoms with Gasteiger partial charge in [0.25, 0.3) is 5.91 Å². The van der Waals surface area contributed by atoms with E-state index in [9.17, 15) is 4.79 Å². The molecule has 2 heterocycles. The first-order valence-electron chi connectivity index (χ1n) is 10.4. The van der Waals surface area contributed by atoms with Gasteiger partial charge < -0.3 is 14.5 Å². The minimum atomic E-state index is 0.109. The van der Waals surface area contributed by atoms with E-state index < -0.39 is 0 Å². The fraction of sp³-hybridized carbons (Fsp3) is 0.522. The average Bonchev–Trinajstić information content (AvgIpc) is 3.01. The summed E-state index contributed by atoms with van der Waals surface area (Å²) in [5.41, 5.74) is 0. The molecule has 2 fully saturated rings. The van der Waals surface area contributed by atoms with Crippen molar-refractivity contribution in [3.8, 4) is 5.75 Å². The number of benzene rings is 2. The molecule has 2 saturated heterocycles. The second-order valence-corrected chi connectivity index (χ2v) is 7.86. The molecule has 1 amide bonds. The van der Waals surface area contributed by atoms with Crippen LogP contribution in [0.1, 0.15) is 38.5 Å². The molecule has 0 saturated carbocycles. The third-order valence-electron chi connectivity index (χ3n) is 6.06. The quantitative estimate of drug-likeness (QED) is 0.817. The largest absolute Gasteiger partial charge is 0.484 e. The van der Waals surface area contributed by atoms with Crippen LogP contribution < -0.4 is 4.74 Å².